The normalized spacial score (nSPS) is 16.7. The van der Waals surface area contributed by atoms with Crippen molar-refractivity contribution in [3.05, 3.63) is 53.2 Å². The smallest absolute Gasteiger partial charge is 0.271 e. The van der Waals surface area contributed by atoms with Crippen molar-refractivity contribution in [3.8, 4) is 6.07 Å². The maximum absolute atomic E-state index is 12.3. The first-order valence-electron chi connectivity index (χ1n) is 9.66. The predicted octanol–water partition coefficient (Wildman–Crippen LogP) is 2.90. The van der Waals surface area contributed by atoms with Crippen molar-refractivity contribution >= 4 is 28.3 Å². The van der Waals surface area contributed by atoms with Gasteiger partial charge in [-0.25, -0.2) is 15.0 Å². The number of carbonyl (C=O) groups excluding carboxylic acids is 1. The van der Waals surface area contributed by atoms with E-state index in [1.165, 1.54) is 11.3 Å². The van der Waals surface area contributed by atoms with Crippen LogP contribution < -0.4 is 10.6 Å². The molecule has 0 aliphatic carbocycles. The van der Waals surface area contributed by atoms with Crippen molar-refractivity contribution in [2.45, 2.75) is 25.3 Å². The molecule has 3 aromatic heterocycles. The van der Waals surface area contributed by atoms with E-state index in [1.54, 1.807) is 30.0 Å². The number of hydrogen-bond acceptors (Lipinski definition) is 9. The predicted molar refractivity (Wildman–Crippen MR) is 111 cm³/mol. The number of furan rings is 1. The molecule has 1 atom stereocenters. The zero-order valence-electron chi connectivity index (χ0n) is 16.2. The minimum absolute atomic E-state index is 0.273. The maximum atomic E-state index is 12.3. The monoisotopic (exact) mass is 423 g/mol. The van der Waals surface area contributed by atoms with Crippen LogP contribution in [-0.4, -0.2) is 45.4 Å². The molecule has 0 bridgehead atoms. The molecule has 1 amide bonds. The first kappa shape index (κ1) is 20.0. The zero-order chi connectivity index (χ0) is 20.8. The fourth-order valence-electron chi connectivity index (χ4n) is 3.40. The Hall–Kier alpha value is -3.29. The summed E-state index contributed by atoms with van der Waals surface area (Å²) in [4.78, 5) is 27.6. The summed E-state index contributed by atoms with van der Waals surface area (Å²) in [6, 6.07) is 7.70. The molecular formula is C20H21N7O2S. The number of nitrogens with one attached hydrogen (secondary N) is 2. The second-order valence-corrected chi connectivity index (χ2v) is 7.82. The minimum atomic E-state index is -0.273. The van der Waals surface area contributed by atoms with Crippen LogP contribution in [0.4, 0.5) is 11.1 Å². The van der Waals surface area contributed by atoms with Crippen LogP contribution in [0.3, 0.4) is 0 Å². The van der Waals surface area contributed by atoms with Crippen LogP contribution in [0.25, 0.3) is 0 Å². The van der Waals surface area contributed by atoms with Gasteiger partial charge in [-0.3, -0.25) is 9.69 Å². The number of piperidine rings is 1. The van der Waals surface area contributed by atoms with E-state index < -0.39 is 0 Å². The van der Waals surface area contributed by atoms with Gasteiger partial charge in [-0.05, 0) is 37.6 Å². The topological polar surface area (TPSA) is 120 Å². The van der Waals surface area contributed by atoms with Crippen molar-refractivity contribution in [1.29, 1.82) is 5.26 Å². The van der Waals surface area contributed by atoms with Gasteiger partial charge >= 0.3 is 0 Å². The molecule has 0 saturated carbocycles. The summed E-state index contributed by atoms with van der Waals surface area (Å²) in [6.45, 7) is 2.52. The summed E-state index contributed by atoms with van der Waals surface area (Å²) in [7, 11) is 0. The standard InChI is InChI=1S/C20H21N7O2S/c21-6-9-27-8-1-3-14(12-27)16-5-7-22-19(24-16)26-20-25-17(13-30-20)18(28)23-11-15-4-2-10-29-15/h2,4-5,7,10,13-14H,1,3,8-9,11-12H2,(H,23,28)(H,22,24,25,26)/t14-/m1/s1. The fraction of sp³-hybridized carbons (Fsp3) is 0.350. The summed E-state index contributed by atoms with van der Waals surface area (Å²) in [5.74, 6) is 1.13. The van der Waals surface area contributed by atoms with Crippen molar-refractivity contribution < 1.29 is 9.21 Å². The third kappa shape index (κ3) is 5.00. The highest BCUT2D eigenvalue weighted by Crippen LogP contribution is 2.26. The lowest BCUT2D eigenvalue weighted by molar-refractivity contribution is 0.0944. The van der Waals surface area contributed by atoms with Crippen molar-refractivity contribution in [1.82, 2.24) is 25.2 Å². The molecule has 0 aromatic carbocycles. The third-order valence-electron chi connectivity index (χ3n) is 4.85. The number of nitriles is 1. The summed E-state index contributed by atoms with van der Waals surface area (Å²) in [5.41, 5.74) is 1.27. The number of anilines is 2. The average molecular weight is 424 g/mol. The van der Waals surface area contributed by atoms with Crippen LogP contribution in [0, 0.1) is 11.3 Å². The maximum Gasteiger partial charge on any atom is 0.271 e. The summed E-state index contributed by atoms with van der Waals surface area (Å²) < 4.78 is 5.21. The Morgan fingerprint density at radius 3 is 3.17 bits per heavy atom. The molecule has 9 nitrogen and oxygen atoms in total. The van der Waals surface area contributed by atoms with Gasteiger partial charge in [0, 0.05) is 24.0 Å². The first-order valence-corrected chi connectivity index (χ1v) is 10.5. The lowest BCUT2D eigenvalue weighted by Gasteiger charge is -2.30. The number of thiazole rings is 1. The zero-order valence-corrected chi connectivity index (χ0v) is 17.1. The Kier molecular flexibility index (Phi) is 6.32. The molecule has 154 valence electrons. The van der Waals surface area contributed by atoms with Gasteiger partial charge in [0.05, 0.1) is 31.1 Å². The average Bonchev–Trinajstić information content (AvgIpc) is 3.45. The van der Waals surface area contributed by atoms with E-state index in [4.69, 9.17) is 9.68 Å². The van der Waals surface area contributed by atoms with Crippen molar-refractivity contribution in [2.75, 3.05) is 25.0 Å². The van der Waals surface area contributed by atoms with Crippen LogP contribution in [-0.2, 0) is 6.54 Å². The number of carbonyl (C=O) groups is 1. The van der Waals surface area contributed by atoms with Crippen molar-refractivity contribution in [2.24, 2.45) is 0 Å². The van der Waals surface area contributed by atoms with Gasteiger partial charge in [-0.15, -0.1) is 11.3 Å². The van der Waals surface area contributed by atoms with E-state index in [-0.39, 0.29) is 11.8 Å². The van der Waals surface area contributed by atoms with Crippen LogP contribution >= 0.6 is 11.3 Å². The van der Waals surface area contributed by atoms with Crippen molar-refractivity contribution in [3.63, 3.8) is 0 Å². The molecule has 3 aromatic rings. The number of likely N-dealkylation sites (tertiary alicyclic amines) is 1. The van der Waals surface area contributed by atoms with Crippen LogP contribution in [0.2, 0.25) is 0 Å². The highest BCUT2D eigenvalue weighted by atomic mass is 32.1. The van der Waals surface area contributed by atoms with Gasteiger partial charge < -0.3 is 15.1 Å². The molecule has 0 spiro atoms. The summed E-state index contributed by atoms with van der Waals surface area (Å²) in [5, 5.41) is 17.0. The molecule has 4 heterocycles. The highest BCUT2D eigenvalue weighted by Gasteiger charge is 2.22. The molecule has 10 heteroatoms. The molecule has 1 fully saturated rings. The molecule has 0 radical (unpaired) electrons. The lowest BCUT2D eigenvalue weighted by atomic mass is 9.94. The molecule has 0 unspecified atom stereocenters. The third-order valence-corrected chi connectivity index (χ3v) is 5.61. The number of amides is 1. The molecule has 1 aliphatic rings. The number of rotatable bonds is 7. The van der Waals surface area contributed by atoms with E-state index >= 15 is 0 Å². The molecular weight excluding hydrogens is 402 g/mol. The Balaban J connectivity index is 1.37. The van der Waals surface area contributed by atoms with E-state index in [2.05, 4.69) is 36.6 Å². The van der Waals surface area contributed by atoms with Crippen LogP contribution in [0.5, 0.6) is 0 Å². The molecule has 2 N–H and O–H groups in total. The minimum Gasteiger partial charge on any atom is -0.467 e. The van der Waals surface area contributed by atoms with E-state index in [1.807, 2.05) is 6.07 Å². The fourth-order valence-corrected chi connectivity index (χ4v) is 4.09. The molecule has 30 heavy (non-hydrogen) atoms. The Labute approximate surface area is 177 Å². The Bertz CT molecular complexity index is 1030. The van der Waals surface area contributed by atoms with E-state index in [0.29, 0.717) is 35.6 Å². The number of aromatic nitrogens is 3. The SMILES string of the molecule is N#CCN1CCC[C@@H](c2ccnc(Nc3nc(C(=O)NCc4ccco4)cs3)n2)C1. The Morgan fingerprint density at radius 1 is 1.40 bits per heavy atom. The second-order valence-electron chi connectivity index (χ2n) is 6.96. The van der Waals surface area contributed by atoms with E-state index in [9.17, 15) is 4.79 Å². The quantitative estimate of drug-likeness (QED) is 0.557. The first-order chi connectivity index (χ1) is 14.7. The van der Waals surface area contributed by atoms with Gasteiger partial charge in [0.1, 0.15) is 11.5 Å². The largest absolute Gasteiger partial charge is 0.467 e. The van der Waals surface area contributed by atoms with Gasteiger partial charge in [-0.1, -0.05) is 0 Å². The van der Waals surface area contributed by atoms with Gasteiger partial charge in [0.2, 0.25) is 5.95 Å². The number of hydrogen-bond donors (Lipinski definition) is 2. The number of nitrogens with zero attached hydrogens (tertiary/aromatic N) is 5. The van der Waals surface area contributed by atoms with Gasteiger partial charge in [0.25, 0.3) is 5.91 Å². The molecule has 1 saturated heterocycles. The summed E-state index contributed by atoms with van der Waals surface area (Å²) in [6.07, 6.45) is 5.37. The van der Waals surface area contributed by atoms with Gasteiger partial charge in [-0.2, -0.15) is 5.26 Å². The molecule has 4 rings (SSSR count). The summed E-state index contributed by atoms with van der Waals surface area (Å²) >= 11 is 1.31. The lowest BCUT2D eigenvalue weighted by Crippen LogP contribution is -2.34. The van der Waals surface area contributed by atoms with Gasteiger partial charge in [0.15, 0.2) is 5.13 Å². The molecule has 1 aliphatic heterocycles. The van der Waals surface area contributed by atoms with Crippen LogP contribution in [0.1, 0.15) is 40.7 Å². The Morgan fingerprint density at radius 2 is 2.33 bits per heavy atom. The highest BCUT2D eigenvalue weighted by molar-refractivity contribution is 7.14. The van der Waals surface area contributed by atoms with Crippen LogP contribution in [0.15, 0.2) is 40.5 Å². The van der Waals surface area contributed by atoms with E-state index in [0.717, 1.165) is 31.6 Å². The second kappa shape index (κ2) is 9.47.